The van der Waals surface area contributed by atoms with Gasteiger partial charge in [0.1, 0.15) is 5.78 Å². The number of fused-ring (bicyclic) bond motifs is 1. The van der Waals surface area contributed by atoms with Crippen LogP contribution in [0.2, 0.25) is 0 Å². The van der Waals surface area contributed by atoms with Gasteiger partial charge in [0.05, 0.1) is 5.75 Å². The second-order valence-corrected chi connectivity index (χ2v) is 13.3. The van der Waals surface area contributed by atoms with Crippen LogP contribution >= 0.6 is 10.3 Å². The van der Waals surface area contributed by atoms with Gasteiger partial charge in [0.2, 0.25) is 0 Å². The molecule has 2 aromatic carbocycles. The van der Waals surface area contributed by atoms with E-state index in [0.29, 0.717) is 10.9 Å². The molecule has 0 radical (unpaired) electrons. The first kappa shape index (κ1) is 28.6. The number of alkyl halides is 9. The van der Waals surface area contributed by atoms with Crippen LogP contribution in [0, 0.1) is 0 Å². The summed E-state index contributed by atoms with van der Waals surface area (Å²) in [4.78, 5) is 12.8. The third kappa shape index (κ3) is 4.93. The first-order valence-electron chi connectivity index (χ1n) is 10.3. The second-order valence-electron chi connectivity index (χ2n) is 8.26. The van der Waals surface area contributed by atoms with Crippen molar-refractivity contribution in [2.75, 3.05) is 17.3 Å². The molecule has 0 bridgehead atoms. The van der Waals surface area contributed by atoms with Gasteiger partial charge in [-0.3, -0.25) is 4.79 Å². The fourth-order valence-electron chi connectivity index (χ4n) is 3.82. The molecule has 0 saturated carbocycles. The molecule has 4 nitrogen and oxygen atoms in total. The number of Topliss-reactive ketones (excluding diaryl/α,β-unsaturated/α-hetero) is 1. The van der Waals surface area contributed by atoms with Crippen LogP contribution in [0.5, 0.6) is 0 Å². The third-order valence-corrected chi connectivity index (χ3v) is 11.3. The van der Waals surface area contributed by atoms with Crippen LogP contribution in [-0.2, 0) is 25.0 Å². The van der Waals surface area contributed by atoms with E-state index in [1.165, 1.54) is 0 Å². The molecule has 0 spiro atoms. The first-order valence-corrected chi connectivity index (χ1v) is 13.7. The number of hydrogen-bond donors (Lipinski definition) is 0. The van der Waals surface area contributed by atoms with Gasteiger partial charge in [0.15, 0.2) is 0 Å². The van der Waals surface area contributed by atoms with Gasteiger partial charge in [-0.1, -0.05) is 42.5 Å². The minimum absolute atomic E-state index is 0.146. The molecule has 3 rings (SSSR count). The van der Waals surface area contributed by atoms with Gasteiger partial charge >= 0.3 is 33.4 Å². The molecule has 1 aliphatic rings. The lowest BCUT2D eigenvalue weighted by molar-refractivity contribution is -0.382. The Morgan fingerprint density at radius 1 is 0.833 bits per heavy atom. The van der Waals surface area contributed by atoms with Crippen molar-refractivity contribution < 1.29 is 56.4 Å². The molecular formula is C21H19F9O4S2. The monoisotopic (exact) mass is 570 g/mol. The predicted octanol–water partition coefficient (Wildman–Crippen LogP) is 6.24. The fourth-order valence-corrected chi connectivity index (χ4v) is 9.51. The minimum Gasteiger partial charge on any atom is -0.298 e. The molecule has 0 atom stereocenters. The summed E-state index contributed by atoms with van der Waals surface area (Å²) in [6.07, 6.45) is -7.19. The van der Waals surface area contributed by atoms with E-state index in [1.54, 1.807) is 42.5 Å². The molecule has 1 aliphatic heterocycles. The van der Waals surface area contributed by atoms with Crippen LogP contribution in [0.4, 0.5) is 39.5 Å². The molecule has 0 aliphatic carbocycles. The molecule has 0 unspecified atom stereocenters. The number of rotatable bonds is 9. The lowest BCUT2D eigenvalue weighted by atomic mass is 10.0. The van der Waals surface area contributed by atoms with Crippen molar-refractivity contribution >= 4 is 37.0 Å². The van der Waals surface area contributed by atoms with Gasteiger partial charge < -0.3 is 0 Å². The Hall–Kier alpha value is -2.00. The van der Waals surface area contributed by atoms with E-state index in [4.69, 9.17) is 0 Å². The highest BCUT2D eigenvalue weighted by atomic mass is 32.3. The van der Waals surface area contributed by atoms with Gasteiger partial charge in [0, 0.05) is 17.9 Å². The van der Waals surface area contributed by atoms with E-state index in [2.05, 4.69) is 3.63 Å². The summed E-state index contributed by atoms with van der Waals surface area (Å²) in [5, 5.41) is -5.52. The number of carbonyl (C=O) groups is 1. The Morgan fingerprint density at radius 3 is 1.97 bits per heavy atom. The van der Waals surface area contributed by atoms with Crippen molar-refractivity contribution in [3.63, 3.8) is 0 Å². The lowest BCUT2D eigenvalue weighted by Crippen LogP contribution is -2.63. The zero-order chi connectivity index (χ0) is 27.2. The maximum atomic E-state index is 14.2. The third-order valence-electron chi connectivity index (χ3n) is 5.64. The molecular weight excluding hydrogens is 551 g/mol. The van der Waals surface area contributed by atoms with E-state index in [1.807, 2.05) is 0 Å². The van der Waals surface area contributed by atoms with Gasteiger partial charge in [0.25, 0.3) is 0 Å². The predicted molar refractivity (Wildman–Crippen MR) is 115 cm³/mol. The van der Waals surface area contributed by atoms with Gasteiger partial charge in [-0.25, -0.2) is 3.63 Å². The van der Waals surface area contributed by atoms with Crippen molar-refractivity contribution in [3.8, 4) is 0 Å². The van der Waals surface area contributed by atoms with Crippen molar-refractivity contribution in [3.05, 3.63) is 48.0 Å². The zero-order valence-electron chi connectivity index (χ0n) is 18.1. The lowest BCUT2D eigenvalue weighted by Gasteiger charge is -2.37. The Balaban J connectivity index is 1.88. The molecule has 202 valence electrons. The Labute approximate surface area is 201 Å². The molecule has 36 heavy (non-hydrogen) atoms. The maximum absolute atomic E-state index is 14.2. The van der Waals surface area contributed by atoms with E-state index in [0.717, 1.165) is 5.39 Å². The van der Waals surface area contributed by atoms with E-state index in [9.17, 15) is 52.7 Å². The zero-order valence-corrected chi connectivity index (χ0v) is 19.8. The van der Waals surface area contributed by atoms with Crippen LogP contribution in [0.25, 0.3) is 10.8 Å². The summed E-state index contributed by atoms with van der Waals surface area (Å²) in [5.74, 6) is -16.9. The van der Waals surface area contributed by atoms with Crippen molar-refractivity contribution in [1.29, 1.82) is 0 Å². The summed E-state index contributed by atoms with van der Waals surface area (Å²) in [7, 11) is -10.4. The largest absolute Gasteiger partial charge is 0.460 e. The molecule has 1 saturated heterocycles. The average Bonchev–Trinajstić information content (AvgIpc) is 3.19. The van der Waals surface area contributed by atoms with Crippen LogP contribution in [-0.4, -0.2) is 54.7 Å². The molecule has 2 aromatic rings. The van der Waals surface area contributed by atoms with Crippen LogP contribution in [0.15, 0.2) is 42.5 Å². The molecule has 0 amide bonds. The molecule has 1 fully saturated rings. The topological polar surface area (TPSA) is 60.4 Å². The maximum Gasteiger partial charge on any atom is 0.460 e. The number of hydrogen-bond acceptors (Lipinski definition) is 4. The van der Waals surface area contributed by atoms with Crippen molar-refractivity contribution in [2.24, 2.45) is 0 Å². The second kappa shape index (κ2) is 9.39. The van der Waals surface area contributed by atoms with Gasteiger partial charge in [-0.2, -0.15) is 47.9 Å². The van der Waals surface area contributed by atoms with E-state index < -0.39 is 55.2 Å². The summed E-state index contributed by atoms with van der Waals surface area (Å²) in [5.41, 5.74) is 0.496. The average molecular weight is 570 g/mol. The van der Waals surface area contributed by atoms with Gasteiger partial charge in [-0.05, 0) is 29.2 Å². The summed E-state index contributed by atoms with van der Waals surface area (Å²) >= 11 is 0. The number of carbonyl (C=O) groups excluding carboxylic acids is 1. The number of benzene rings is 2. The minimum atomic E-state index is -7.39. The number of halogens is 9. The van der Waals surface area contributed by atoms with Crippen molar-refractivity contribution in [2.45, 2.75) is 42.5 Å². The Kier molecular flexibility index (Phi) is 7.45. The standard InChI is InChI=1S/C21H19F9O4S2/c22-18(23,20(26,27)28)19(24,25)21(29,30)36(32,33)34-35(10-3-4-11-35)13-16(31)12-15-8-5-7-14-6-1-2-9-17(14)15/h1-2,5-9H,3-4,10-13H2. The van der Waals surface area contributed by atoms with Crippen LogP contribution in [0.1, 0.15) is 18.4 Å². The smallest absolute Gasteiger partial charge is 0.298 e. The summed E-state index contributed by atoms with van der Waals surface area (Å²) in [6.45, 7) is 0. The summed E-state index contributed by atoms with van der Waals surface area (Å²) in [6, 6.07) is 11.8. The van der Waals surface area contributed by atoms with Crippen LogP contribution < -0.4 is 0 Å². The Bertz CT molecular complexity index is 1230. The highest BCUT2D eigenvalue weighted by Gasteiger charge is 2.86. The quantitative estimate of drug-likeness (QED) is 0.335. The first-order chi connectivity index (χ1) is 16.4. The normalized spacial score (nSPS) is 18.4. The number of ketones is 1. The van der Waals surface area contributed by atoms with Gasteiger partial charge in [-0.15, -0.1) is 10.3 Å². The highest BCUT2D eigenvalue weighted by Crippen LogP contribution is 2.61. The van der Waals surface area contributed by atoms with Crippen molar-refractivity contribution in [1.82, 2.24) is 0 Å². The summed E-state index contributed by atoms with van der Waals surface area (Å²) < 4.78 is 148. The van der Waals surface area contributed by atoms with E-state index >= 15 is 0 Å². The SMILES string of the molecule is O=C(Cc1cccc2ccccc12)CS1(OS(=O)(=O)C(F)(F)C(F)(F)C(F)(F)C(F)(F)F)CCCC1. The molecule has 1 heterocycles. The molecule has 15 heteroatoms. The fraction of sp³-hybridized carbons (Fsp3) is 0.476. The Morgan fingerprint density at radius 2 is 1.39 bits per heavy atom. The van der Waals surface area contributed by atoms with E-state index in [-0.39, 0.29) is 30.8 Å². The van der Waals surface area contributed by atoms with Crippen LogP contribution in [0.3, 0.4) is 0 Å². The molecule has 0 aromatic heterocycles. The highest BCUT2D eigenvalue weighted by molar-refractivity contribution is 8.33. The molecule has 0 N–H and O–H groups in total.